The fourth-order valence-electron chi connectivity index (χ4n) is 4.97. The normalized spacial score (nSPS) is 12.8. The summed E-state index contributed by atoms with van der Waals surface area (Å²) in [5.41, 5.74) is 6.04. The molecule has 2 aromatic carbocycles. The van der Waals surface area contributed by atoms with Crippen LogP contribution in [0.1, 0.15) is 16.2 Å². The minimum absolute atomic E-state index is 0.273. The minimum Gasteiger partial charge on any atom is -0.324 e. The second-order valence-corrected chi connectivity index (χ2v) is 9.48. The van der Waals surface area contributed by atoms with Crippen LogP contribution in [0.3, 0.4) is 0 Å². The first-order valence-corrected chi connectivity index (χ1v) is 12.9. The van der Waals surface area contributed by atoms with Gasteiger partial charge in [-0.1, -0.05) is 18.2 Å². The van der Waals surface area contributed by atoms with Crippen LogP contribution in [0, 0.1) is 5.82 Å². The van der Waals surface area contributed by atoms with E-state index in [2.05, 4.69) is 25.2 Å². The van der Waals surface area contributed by atoms with Crippen molar-refractivity contribution in [2.45, 2.75) is 13.1 Å². The molecule has 0 spiro atoms. The van der Waals surface area contributed by atoms with Crippen molar-refractivity contribution in [3.05, 3.63) is 109 Å². The number of imidazole rings is 2. The molecule has 1 aliphatic heterocycles. The molecule has 0 radical (unpaired) electrons. The molecule has 10 heteroatoms. The van der Waals surface area contributed by atoms with E-state index in [0.717, 1.165) is 47.0 Å². The van der Waals surface area contributed by atoms with Crippen molar-refractivity contribution < 1.29 is 9.18 Å². The summed E-state index contributed by atoms with van der Waals surface area (Å²) >= 11 is 0. The lowest BCUT2D eigenvalue weighted by atomic mass is 10.0. The number of carbonyl (C=O) groups is 1. The summed E-state index contributed by atoms with van der Waals surface area (Å²) in [4.78, 5) is 26.6. The van der Waals surface area contributed by atoms with Gasteiger partial charge in [-0.05, 0) is 60.2 Å². The molecule has 0 saturated carbocycles. The molecule has 0 atom stereocenters. The molecule has 2 N–H and O–H groups in total. The number of amides is 1. The standard InChI is InChI=1S/C30H23FN8O/c31-23-8-6-19(7-9-23)28-29(38-14-13-33-17-27(38)36-28)24-10-11-26-34-25(18-39(26)37-24)35-30(40)21-4-1-3-20(15-21)22-5-2-12-32-16-22/h1-12,15-16,18,33H,13-14,17H2,(H,35,40). The van der Waals surface area contributed by atoms with Crippen LogP contribution in [0.5, 0.6) is 0 Å². The second kappa shape index (κ2) is 9.83. The van der Waals surface area contributed by atoms with Gasteiger partial charge in [-0.3, -0.25) is 9.78 Å². The van der Waals surface area contributed by atoms with Gasteiger partial charge in [0, 0.05) is 42.2 Å². The van der Waals surface area contributed by atoms with Crippen molar-refractivity contribution >= 4 is 17.4 Å². The Bertz CT molecular complexity index is 1860. The average molecular weight is 531 g/mol. The van der Waals surface area contributed by atoms with Crippen LogP contribution in [0.25, 0.3) is 39.4 Å². The molecule has 0 aliphatic carbocycles. The number of carbonyl (C=O) groups excluding carboxylic acids is 1. The Labute approximate surface area is 228 Å². The van der Waals surface area contributed by atoms with Crippen molar-refractivity contribution in [1.29, 1.82) is 0 Å². The van der Waals surface area contributed by atoms with Gasteiger partial charge in [0.15, 0.2) is 11.5 Å². The number of nitrogens with one attached hydrogen (secondary N) is 2. The molecule has 1 amide bonds. The zero-order valence-electron chi connectivity index (χ0n) is 21.3. The molecule has 0 unspecified atom stereocenters. The first-order valence-electron chi connectivity index (χ1n) is 12.9. The van der Waals surface area contributed by atoms with Crippen LogP contribution in [-0.4, -0.2) is 41.6 Å². The highest BCUT2D eigenvalue weighted by Crippen LogP contribution is 2.33. The van der Waals surface area contributed by atoms with Gasteiger partial charge in [0.05, 0.1) is 24.1 Å². The van der Waals surface area contributed by atoms with E-state index in [0.29, 0.717) is 29.3 Å². The van der Waals surface area contributed by atoms with E-state index in [4.69, 9.17) is 10.1 Å². The van der Waals surface area contributed by atoms with Crippen LogP contribution in [-0.2, 0) is 13.1 Å². The molecule has 0 fully saturated rings. The smallest absolute Gasteiger partial charge is 0.256 e. The van der Waals surface area contributed by atoms with Crippen molar-refractivity contribution in [2.75, 3.05) is 11.9 Å². The molecule has 40 heavy (non-hydrogen) atoms. The summed E-state index contributed by atoms with van der Waals surface area (Å²) in [7, 11) is 0. The summed E-state index contributed by atoms with van der Waals surface area (Å²) in [5, 5.41) is 11.1. The highest BCUT2D eigenvalue weighted by molar-refractivity contribution is 6.04. The molecule has 1 aliphatic rings. The Balaban J connectivity index is 1.21. The maximum atomic E-state index is 13.6. The average Bonchev–Trinajstić information content (AvgIpc) is 3.58. The van der Waals surface area contributed by atoms with E-state index in [-0.39, 0.29) is 11.7 Å². The second-order valence-electron chi connectivity index (χ2n) is 9.48. The number of anilines is 1. The molecule has 5 heterocycles. The number of fused-ring (bicyclic) bond motifs is 2. The van der Waals surface area contributed by atoms with E-state index in [1.807, 2.05) is 42.5 Å². The van der Waals surface area contributed by atoms with Crippen molar-refractivity contribution in [3.63, 3.8) is 0 Å². The van der Waals surface area contributed by atoms with Gasteiger partial charge in [0.25, 0.3) is 5.91 Å². The SMILES string of the molecule is O=C(Nc1cn2nc(-c3c(-c4ccc(F)cc4)nc4n3CCNC4)ccc2n1)c1cccc(-c2cccnc2)c1. The number of halogens is 1. The van der Waals surface area contributed by atoms with Gasteiger partial charge in [0.1, 0.15) is 17.3 Å². The Kier molecular flexibility index (Phi) is 5.86. The zero-order valence-corrected chi connectivity index (χ0v) is 21.3. The lowest BCUT2D eigenvalue weighted by molar-refractivity contribution is 0.102. The highest BCUT2D eigenvalue weighted by atomic mass is 19.1. The van der Waals surface area contributed by atoms with Gasteiger partial charge in [-0.15, -0.1) is 0 Å². The van der Waals surface area contributed by atoms with Crippen LogP contribution >= 0.6 is 0 Å². The largest absolute Gasteiger partial charge is 0.324 e. The third kappa shape index (κ3) is 4.40. The van der Waals surface area contributed by atoms with Crippen molar-refractivity contribution in [2.24, 2.45) is 0 Å². The molecular formula is C30H23FN8O. The zero-order chi connectivity index (χ0) is 27.1. The Morgan fingerprint density at radius 2 is 1.82 bits per heavy atom. The number of hydrogen-bond donors (Lipinski definition) is 2. The number of rotatable bonds is 5. The number of hydrogen-bond acceptors (Lipinski definition) is 6. The molecule has 0 saturated heterocycles. The van der Waals surface area contributed by atoms with Gasteiger partial charge in [-0.2, -0.15) is 5.10 Å². The summed E-state index contributed by atoms with van der Waals surface area (Å²) < 4.78 is 17.4. The minimum atomic E-state index is -0.299. The van der Waals surface area contributed by atoms with E-state index in [1.54, 1.807) is 41.3 Å². The predicted molar refractivity (Wildman–Crippen MR) is 149 cm³/mol. The summed E-state index contributed by atoms with van der Waals surface area (Å²) in [6.07, 6.45) is 5.16. The Morgan fingerprint density at radius 3 is 2.67 bits per heavy atom. The quantitative estimate of drug-likeness (QED) is 0.332. The maximum Gasteiger partial charge on any atom is 0.256 e. The monoisotopic (exact) mass is 530 g/mol. The highest BCUT2D eigenvalue weighted by Gasteiger charge is 2.23. The van der Waals surface area contributed by atoms with Gasteiger partial charge in [-0.25, -0.2) is 18.9 Å². The van der Waals surface area contributed by atoms with Gasteiger partial charge >= 0.3 is 0 Å². The molecule has 7 rings (SSSR count). The molecule has 9 nitrogen and oxygen atoms in total. The predicted octanol–water partition coefficient (Wildman–Crippen LogP) is 4.82. The fraction of sp³-hybridized carbons (Fsp3) is 0.100. The third-order valence-corrected chi connectivity index (χ3v) is 6.88. The first-order chi connectivity index (χ1) is 19.6. The maximum absolute atomic E-state index is 13.6. The topological polar surface area (TPSA) is 102 Å². The van der Waals surface area contributed by atoms with Gasteiger partial charge < -0.3 is 15.2 Å². The Morgan fingerprint density at radius 1 is 0.950 bits per heavy atom. The fourth-order valence-corrected chi connectivity index (χ4v) is 4.97. The number of aromatic nitrogens is 6. The first kappa shape index (κ1) is 23.9. The number of pyridine rings is 1. The number of benzene rings is 2. The van der Waals surface area contributed by atoms with Crippen molar-refractivity contribution in [1.82, 2.24) is 34.4 Å². The van der Waals surface area contributed by atoms with E-state index < -0.39 is 0 Å². The third-order valence-electron chi connectivity index (χ3n) is 6.88. The van der Waals surface area contributed by atoms with Gasteiger partial charge in [0.2, 0.25) is 0 Å². The lowest BCUT2D eigenvalue weighted by Gasteiger charge is -2.17. The van der Waals surface area contributed by atoms with E-state index in [1.165, 1.54) is 12.1 Å². The molecule has 4 aromatic heterocycles. The molecule has 6 aromatic rings. The lowest BCUT2D eigenvalue weighted by Crippen LogP contribution is -2.28. The molecule has 196 valence electrons. The van der Waals surface area contributed by atoms with Crippen LogP contribution in [0.15, 0.2) is 91.4 Å². The summed E-state index contributed by atoms with van der Waals surface area (Å²) in [6.45, 7) is 2.19. The van der Waals surface area contributed by atoms with Crippen molar-refractivity contribution in [3.8, 4) is 33.8 Å². The van der Waals surface area contributed by atoms with Crippen LogP contribution in [0.2, 0.25) is 0 Å². The molecule has 0 bridgehead atoms. The summed E-state index contributed by atoms with van der Waals surface area (Å²) in [6, 6.07) is 21.3. The Hall–Kier alpha value is -5.22. The molecular weight excluding hydrogens is 507 g/mol. The summed E-state index contributed by atoms with van der Waals surface area (Å²) in [5.74, 6) is 0.715. The van der Waals surface area contributed by atoms with E-state index in [9.17, 15) is 9.18 Å². The number of nitrogens with zero attached hydrogens (tertiary/aromatic N) is 6. The van der Waals surface area contributed by atoms with E-state index >= 15 is 0 Å². The van der Waals surface area contributed by atoms with Crippen LogP contribution in [0.4, 0.5) is 10.2 Å². The van der Waals surface area contributed by atoms with Crippen LogP contribution < -0.4 is 10.6 Å².